The van der Waals surface area contributed by atoms with E-state index in [1.54, 1.807) is 6.07 Å². The fourth-order valence-electron chi connectivity index (χ4n) is 3.03. The molecule has 0 saturated heterocycles. The number of imidazole rings is 1. The summed E-state index contributed by atoms with van der Waals surface area (Å²) in [6, 6.07) is 5.35. The molecule has 1 aromatic carbocycles. The number of benzene rings is 1. The maximum atomic E-state index is 13.1. The van der Waals surface area contributed by atoms with Gasteiger partial charge in [0.2, 0.25) is 0 Å². The molecule has 4 heteroatoms. The SMILES string of the molecule is Fc1ccc2nc(CCNC3CCCCCC3)[nH]c2c1. The number of nitrogens with one attached hydrogen (secondary N) is 2. The quantitative estimate of drug-likeness (QED) is 0.838. The van der Waals surface area contributed by atoms with E-state index in [-0.39, 0.29) is 5.82 Å². The fraction of sp³-hybridized carbons (Fsp3) is 0.562. The summed E-state index contributed by atoms with van der Waals surface area (Å²) in [4.78, 5) is 7.69. The summed E-state index contributed by atoms with van der Waals surface area (Å²) in [5.74, 6) is 0.719. The van der Waals surface area contributed by atoms with E-state index in [4.69, 9.17) is 0 Å². The van der Waals surface area contributed by atoms with Crippen LogP contribution in [-0.4, -0.2) is 22.6 Å². The molecule has 0 unspecified atom stereocenters. The molecule has 0 spiro atoms. The molecule has 3 rings (SSSR count). The predicted molar refractivity (Wildman–Crippen MR) is 79.2 cm³/mol. The Morgan fingerprint density at radius 2 is 2.00 bits per heavy atom. The van der Waals surface area contributed by atoms with Gasteiger partial charge in [0.05, 0.1) is 11.0 Å². The molecule has 1 heterocycles. The van der Waals surface area contributed by atoms with Crippen LogP contribution >= 0.6 is 0 Å². The highest BCUT2D eigenvalue weighted by Crippen LogP contribution is 2.17. The van der Waals surface area contributed by atoms with E-state index in [1.807, 2.05) is 0 Å². The van der Waals surface area contributed by atoms with Gasteiger partial charge in [-0.2, -0.15) is 0 Å². The molecule has 0 amide bonds. The highest BCUT2D eigenvalue weighted by Gasteiger charge is 2.11. The van der Waals surface area contributed by atoms with Crippen molar-refractivity contribution in [2.75, 3.05) is 6.54 Å². The number of hydrogen-bond acceptors (Lipinski definition) is 2. The Morgan fingerprint density at radius 3 is 2.80 bits per heavy atom. The van der Waals surface area contributed by atoms with Gasteiger partial charge < -0.3 is 10.3 Å². The van der Waals surface area contributed by atoms with Crippen molar-refractivity contribution in [1.82, 2.24) is 15.3 Å². The van der Waals surface area contributed by atoms with Crippen LogP contribution in [0.3, 0.4) is 0 Å². The van der Waals surface area contributed by atoms with Crippen molar-refractivity contribution in [3.63, 3.8) is 0 Å². The third kappa shape index (κ3) is 3.37. The van der Waals surface area contributed by atoms with E-state index in [0.29, 0.717) is 6.04 Å². The van der Waals surface area contributed by atoms with Crippen molar-refractivity contribution < 1.29 is 4.39 Å². The van der Waals surface area contributed by atoms with Crippen LogP contribution in [0.5, 0.6) is 0 Å². The standard InChI is InChI=1S/C16H22FN3/c17-12-7-8-14-15(11-12)20-16(19-14)9-10-18-13-5-3-1-2-4-6-13/h7-8,11,13,18H,1-6,9-10H2,(H,19,20). The van der Waals surface area contributed by atoms with E-state index in [1.165, 1.54) is 50.7 Å². The van der Waals surface area contributed by atoms with Crippen molar-refractivity contribution in [3.05, 3.63) is 29.8 Å². The summed E-state index contributed by atoms with van der Waals surface area (Å²) in [6.07, 6.45) is 8.92. The Balaban J connectivity index is 1.54. The fourth-order valence-corrected chi connectivity index (χ4v) is 3.03. The summed E-state index contributed by atoms with van der Waals surface area (Å²) in [5, 5.41) is 3.63. The summed E-state index contributed by atoms with van der Waals surface area (Å²) in [6.45, 7) is 0.937. The molecule has 108 valence electrons. The zero-order chi connectivity index (χ0) is 13.8. The van der Waals surface area contributed by atoms with Gasteiger partial charge >= 0.3 is 0 Å². The van der Waals surface area contributed by atoms with E-state index in [0.717, 1.165) is 29.8 Å². The zero-order valence-electron chi connectivity index (χ0n) is 11.8. The number of hydrogen-bond donors (Lipinski definition) is 2. The molecule has 0 atom stereocenters. The van der Waals surface area contributed by atoms with Gasteiger partial charge in [-0.15, -0.1) is 0 Å². The normalized spacial score (nSPS) is 17.4. The number of H-pyrrole nitrogens is 1. The zero-order valence-corrected chi connectivity index (χ0v) is 11.8. The first-order valence-electron chi connectivity index (χ1n) is 7.69. The first kappa shape index (κ1) is 13.6. The van der Waals surface area contributed by atoms with E-state index in [2.05, 4.69) is 15.3 Å². The van der Waals surface area contributed by atoms with Crippen LogP contribution in [0.1, 0.15) is 44.3 Å². The molecule has 1 aromatic heterocycles. The van der Waals surface area contributed by atoms with Gasteiger partial charge in [-0.25, -0.2) is 9.37 Å². The molecule has 20 heavy (non-hydrogen) atoms. The minimum absolute atomic E-state index is 0.218. The van der Waals surface area contributed by atoms with Gasteiger partial charge in [0.15, 0.2) is 0 Å². The third-order valence-electron chi connectivity index (χ3n) is 4.14. The Hall–Kier alpha value is -1.42. The summed E-state index contributed by atoms with van der Waals surface area (Å²) in [5.41, 5.74) is 1.63. The molecular formula is C16H22FN3. The summed E-state index contributed by atoms with van der Waals surface area (Å²) >= 11 is 0. The lowest BCUT2D eigenvalue weighted by Gasteiger charge is -2.15. The number of aromatic amines is 1. The summed E-state index contributed by atoms with van der Waals surface area (Å²) < 4.78 is 13.1. The van der Waals surface area contributed by atoms with E-state index < -0.39 is 0 Å². The molecular weight excluding hydrogens is 253 g/mol. The molecule has 2 N–H and O–H groups in total. The minimum Gasteiger partial charge on any atom is -0.342 e. The molecule has 1 saturated carbocycles. The molecule has 0 bridgehead atoms. The number of nitrogens with zero attached hydrogens (tertiary/aromatic N) is 1. The van der Waals surface area contributed by atoms with Crippen LogP contribution in [0.15, 0.2) is 18.2 Å². The number of fused-ring (bicyclic) bond motifs is 1. The van der Waals surface area contributed by atoms with Crippen molar-refractivity contribution in [2.24, 2.45) is 0 Å². The van der Waals surface area contributed by atoms with Crippen LogP contribution in [0, 0.1) is 5.82 Å². The van der Waals surface area contributed by atoms with Gasteiger partial charge in [0.1, 0.15) is 11.6 Å². The monoisotopic (exact) mass is 275 g/mol. The van der Waals surface area contributed by atoms with Crippen molar-refractivity contribution in [3.8, 4) is 0 Å². The molecule has 0 radical (unpaired) electrons. The predicted octanol–water partition coefficient (Wildman–Crippen LogP) is 3.56. The van der Waals surface area contributed by atoms with Crippen LogP contribution < -0.4 is 5.32 Å². The molecule has 1 aliphatic rings. The number of aromatic nitrogens is 2. The van der Waals surface area contributed by atoms with Gasteiger partial charge in [0.25, 0.3) is 0 Å². The first-order chi connectivity index (χ1) is 9.81. The average Bonchev–Trinajstić information content (AvgIpc) is 2.66. The smallest absolute Gasteiger partial charge is 0.125 e. The molecule has 1 aliphatic carbocycles. The second-order valence-electron chi connectivity index (χ2n) is 5.74. The lowest BCUT2D eigenvalue weighted by Crippen LogP contribution is -2.30. The van der Waals surface area contributed by atoms with Gasteiger partial charge in [-0.05, 0) is 31.0 Å². The Bertz CT molecular complexity index is 556. The second-order valence-corrected chi connectivity index (χ2v) is 5.74. The molecule has 1 fully saturated rings. The average molecular weight is 275 g/mol. The van der Waals surface area contributed by atoms with Crippen LogP contribution in [0.4, 0.5) is 4.39 Å². The van der Waals surface area contributed by atoms with Crippen molar-refractivity contribution in [2.45, 2.75) is 51.0 Å². The second kappa shape index (κ2) is 6.35. The Labute approximate surface area is 119 Å². The molecule has 2 aromatic rings. The number of rotatable bonds is 4. The third-order valence-corrected chi connectivity index (χ3v) is 4.14. The van der Waals surface area contributed by atoms with Crippen molar-refractivity contribution >= 4 is 11.0 Å². The van der Waals surface area contributed by atoms with E-state index in [9.17, 15) is 4.39 Å². The largest absolute Gasteiger partial charge is 0.342 e. The van der Waals surface area contributed by atoms with Crippen LogP contribution in [0.25, 0.3) is 11.0 Å². The van der Waals surface area contributed by atoms with Gasteiger partial charge in [-0.1, -0.05) is 25.7 Å². The lowest BCUT2D eigenvalue weighted by atomic mass is 10.1. The van der Waals surface area contributed by atoms with E-state index >= 15 is 0 Å². The Kier molecular flexibility index (Phi) is 4.31. The van der Waals surface area contributed by atoms with Gasteiger partial charge in [-0.3, -0.25) is 0 Å². The lowest BCUT2D eigenvalue weighted by molar-refractivity contribution is 0.461. The topological polar surface area (TPSA) is 40.7 Å². The summed E-state index contributed by atoms with van der Waals surface area (Å²) in [7, 11) is 0. The molecule has 0 aliphatic heterocycles. The van der Waals surface area contributed by atoms with Gasteiger partial charge in [0, 0.05) is 19.0 Å². The van der Waals surface area contributed by atoms with Crippen molar-refractivity contribution in [1.29, 1.82) is 0 Å². The maximum absolute atomic E-state index is 13.1. The minimum atomic E-state index is -0.218. The highest BCUT2D eigenvalue weighted by molar-refractivity contribution is 5.74. The maximum Gasteiger partial charge on any atom is 0.125 e. The number of halogens is 1. The van der Waals surface area contributed by atoms with Crippen LogP contribution in [-0.2, 0) is 6.42 Å². The molecule has 3 nitrogen and oxygen atoms in total. The highest BCUT2D eigenvalue weighted by atomic mass is 19.1. The first-order valence-corrected chi connectivity index (χ1v) is 7.69. The Morgan fingerprint density at radius 1 is 1.20 bits per heavy atom. The van der Waals surface area contributed by atoms with Crippen LogP contribution in [0.2, 0.25) is 0 Å².